The Kier molecular flexibility index (Phi) is 5.83. The molecule has 19 heavy (non-hydrogen) atoms. The highest BCUT2D eigenvalue weighted by atomic mass is 16.1. The van der Waals surface area contributed by atoms with Crippen molar-refractivity contribution in [1.29, 1.82) is 5.26 Å². The first kappa shape index (κ1) is 15.0. The fraction of sp³-hybridized carbons (Fsp3) is 0.429. The summed E-state index contributed by atoms with van der Waals surface area (Å²) in [6.45, 7) is 3.45. The van der Waals surface area contributed by atoms with E-state index in [4.69, 9.17) is 0 Å². The molecule has 0 radical (unpaired) electrons. The minimum absolute atomic E-state index is 0.0480. The third-order valence-corrected chi connectivity index (χ3v) is 2.73. The predicted molar refractivity (Wildman–Crippen MR) is 75.9 cm³/mol. The number of likely N-dealkylation sites (N-methyl/N-ethyl adjacent to an activating group) is 2. The lowest BCUT2D eigenvalue weighted by atomic mass is 10.1. The Morgan fingerprint density at radius 3 is 2.79 bits per heavy atom. The van der Waals surface area contributed by atoms with Crippen LogP contribution in [0.2, 0.25) is 0 Å². The van der Waals surface area contributed by atoms with Crippen molar-refractivity contribution < 1.29 is 4.79 Å². The van der Waals surface area contributed by atoms with Crippen LogP contribution in [0.1, 0.15) is 18.1 Å². The number of rotatable bonds is 6. The first-order chi connectivity index (χ1) is 9.12. The fourth-order valence-corrected chi connectivity index (χ4v) is 1.87. The van der Waals surface area contributed by atoms with Crippen LogP contribution in [0.15, 0.2) is 18.2 Å². The first-order valence-corrected chi connectivity index (χ1v) is 6.27. The molecule has 5 nitrogen and oxygen atoms in total. The summed E-state index contributed by atoms with van der Waals surface area (Å²) >= 11 is 0. The Labute approximate surface area is 114 Å². The molecule has 2 N–H and O–H groups in total. The van der Waals surface area contributed by atoms with Gasteiger partial charge in [0.25, 0.3) is 0 Å². The molecule has 1 amide bonds. The molecule has 0 aliphatic rings. The number of nitriles is 1. The van der Waals surface area contributed by atoms with Gasteiger partial charge in [0.15, 0.2) is 0 Å². The van der Waals surface area contributed by atoms with Crippen molar-refractivity contribution in [3.8, 4) is 6.07 Å². The molecule has 1 aromatic carbocycles. The minimum atomic E-state index is -0.0480. The number of nitrogens with one attached hydrogen (secondary N) is 2. The molecule has 5 heteroatoms. The molecule has 1 aromatic rings. The second-order valence-corrected chi connectivity index (χ2v) is 4.30. The maximum atomic E-state index is 11.6. The van der Waals surface area contributed by atoms with Gasteiger partial charge in [-0.25, -0.2) is 0 Å². The number of carbonyl (C=O) groups is 1. The molecule has 0 bridgehead atoms. The number of amides is 1. The highest BCUT2D eigenvalue weighted by molar-refractivity contribution is 5.81. The second kappa shape index (κ2) is 7.39. The van der Waals surface area contributed by atoms with Crippen molar-refractivity contribution in [2.24, 2.45) is 0 Å². The van der Waals surface area contributed by atoms with E-state index in [-0.39, 0.29) is 12.5 Å². The number of hydrogen-bond donors (Lipinski definition) is 2. The van der Waals surface area contributed by atoms with E-state index in [9.17, 15) is 10.1 Å². The van der Waals surface area contributed by atoms with Gasteiger partial charge in [-0.05, 0) is 31.7 Å². The largest absolute Gasteiger partial charge is 0.364 e. The maximum Gasteiger partial charge on any atom is 0.239 e. The zero-order valence-electron chi connectivity index (χ0n) is 11.7. The zero-order chi connectivity index (χ0) is 14.3. The Balaban J connectivity index is 2.87. The Bertz CT molecular complexity index is 479. The highest BCUT2D eigenvalue weighted by Crippen LogP contribution is 2.20. The van der Waals surface area contributed by atoms with Crippen molar-refractivity contribution in [1.82, 2.24) is 10.6 Å². The maximum absolute atomic E-state index is 11.6. The van der Waals surface area contributed by atoms with Gasteiger partial charge in [-0.15, -0.1) is 0 Å². The summed E-state index contributed by atoms with van der Waals surface area (Å²) in [5.74, 6) is -0.0480. The van der Waals surface area contributed by atoms with Gasteiger partial charge in [0.1, 0.15) is 6.07 Å². The average Bonchev–Trinajstić information content (AvgIpc) is 2.39. The normalized spacial score (nSPS) is 9.79. The summed E-state index contributed by atoms with van der Waals surface area (Å²) in [7, 11) is 3.67. The lowest BCUT2D eigenvalue weighted by Crippen LogP contribution is -2.35. The van der Waals surface area contributed by atoms with Crippen LogP contribution >= 0.6 is 0 Å². The van der Waals surface area contributed by atoms with Crippen LogP contribution < -0.4 is 15.5 Å². The molecule has 1 rings (SSSR count). The summed E-state index contributed by atoms with van der Waals surface area (Å²) in [5, 5.41) is 15.0. The first-order valence-electron chi connectivity index (χ1n) is 6.27. The van der Waals surface area contributed by atoms with Crippen molar-refractivity contribution >= 4 is 11.6 Å². The number of anilines is 1. The van der Waals surface area contributed by atoms with Crippen LogP contribution in [0.3, 0.4) is 0 Å². The SMILES string of the molecule is CCNC(=O)CN(C)c1ccc(CNC)cc1C#N. The molecule has 0 unspecified atom stereocenters. The molecular formula is C14H20N4O. The molecule has 0 heterocycles. The topological polar surface area (TPSA) is 68.2 Å². The van der Waals surface area contributed by atoms with Gasteiger partial charge in [0.2, 0.25) is 5.91 Å². The van der Waals surface area contributed by atoms with Gasteiger partial charge < -0.3 is 15.5 Å². The van der Waals surface area contributed by atoms with Crippen molar-refractivity contribution in [2.75, 3.05) is 32.1 Å². The molecule has 0 saturated carbocycles. The molecule has 102 valence electrons. The van der Waals surface area contributed by atoms with Crippen molar-refractivity contribution in [2.45, 2.75) is 13.5 Å². The van der Waals surface area contributed by atoms with E-state index in [1.54, 1.807) is 4.90 Å². The predicted octanol–water partition coefficient (Wildman–Crippen LogP) is 0.850. The van der Waals surface area contributed by atoms with Crippen LogP contribution in [-0.4, -0.2) is 33.1 Å². The standard InChI is InChI=1S/C14H20N4O/c1-4-17-14(19)10-18(3)13-6-5-11(9-16-2)7-12(13)8-15/h5-7,16H,4,9-10H2,1-3H3,(H,17,19). The third kappa shape index (κ3) is 4.27. The quantitative estimate of drug-likeness (QED) is 0.795. The highest BCUT2D eigenvalue weighted by Gasteiger charge is 2.11. The Morgan fingerprint density at radius 1 is 1.47 bits per heavy atom. The van der Waals surface area contributed by atoms with E-state index in [2.05, 4.69) is 16.7 Å². The summed E-state index contributed by atoms with van der Waals surface area (Å²) in [4.78, 5) is 13.3. The summed E-state index contributed by atoms with van der Waals surface area (Å²) in [5.41, 5.74) is 2.40. The smallest absolute Gasteiger partial charge is 0.239 e. The Hall–Kier alpha value is -2.06. The van der Waals surface area contributed by atoms with Crippen LogP contribution in [0.5, 0.6) is 0 Å². The van der Waals surface area contributed by atoms with E-state index < -0.39 is 0 Å². The monoisotopic (exact) mass is 260 g/mol. The summed E-state index contributed by atoms with van der Waals surface area (Å²) in [6.07, 6.45) is 0. The molecule has 0 aliphatic carbocycles. The van der Waals surface area contributed by atoms with E-state index in [0.717, 1.165) is 17.8 Å². The number of hydrogen-bond acceptors (Lipinski definition) is 4. The van der Waals surface area contributed by atoms with Crippen molar-refractivity contribution in [3.63, 3.8) is 0 Å². The average molecular weight is 260 g/mol. The van der Waals surface area contributed by atoms with Gasteiger partial charge in [-0.3, -0.25) is 4.79 Å². The van der Waals surface area contributed by atoms with Gasteiger partial charge in [-0.1, -0.05) is 6.07 Å². The molecule has 0 aromatic heterocycles. The number of nitrogens with zero attached hydrogens (tertiary/aromatic N) is 2. The van der Waals surface area contributed by atoms with Gasteiger partial charge in [0, 0.05) is 20.1 Å². The summed E-state index contributed by atoms with van der Waals surface area (Å²) in [6, 6.07) is 7.87. The van der Waals surface area contributed by atoms with E-state index in [1.807, 2.05) is 39.2 Å². The van der Waals surface area contributed by atoms with Crippen LogP contribution in [-0.2, 0) is 11.3 Å². The van der Waals surface area contributed by atoms with E-state index >= 15 is 0 Å². The molecule has 0 saturated heterocycles. The molecule has 0 spiro atoms. The van der Waals surface area contributed by atoms with Gasteiger partial charge >= 0.3 is 0 Å². The summed E-state index contributed by atoms with van der Waals surface area (Å²) < 4.78 is 0. The Morgan fingerprint density at radius 2 is 2.21 bits per heavy atom. The lowest BCUT2D eigenvalue weighted by molar-refractivity contribution is -0.119. The minimum Gasteiger partial charge on any atom is -0.364 e. The number of benzene rings is 1. The van der Waals surface area contributed by atoms with E-state index in [1.165, 1.54) is 0 Å². The molecule has 0 aliphatic heterocycles. The van der Waals surface area contributed by atoms with Crippen LogP contribution in [0, 0.1) is 11.3 Å². The van der Waals surface area contributed by atoms with Crippen LogP contribution in [0.25, 0.3) is 0 Å². The lowest BCUT2D eigenvalue weighted by Gasteiger charge is -2.20. The van der Waals surface area contributed by atoms with Gasteiger partial charge in [0.05, 0.1) is 17.8 Å². The van der Waals surface area contributed by atoms with Crippen molar-refractivity contribution in [3.05, 3.63) is 29.3 Å². The van der Waals surface area contributed by atoms with E-state index in [0.29, 0.717) is 12.1 Å². The molecule has 0 fully saturated rings. The van der Waals surface area contributed by atoms with Crippen LogP contribution in [0.4, 0.5) is 5.69 Å². The number of carbonyl (C=O) groups excluding carboxylic acids is 1. The third-order valence-electron chi connectivity index (χ3n) is 2.73. The molecule has 0 atom stereocenters. The molecular weight excluding hydrogens is 240 g/mol. The second-order valence-electron chi connectivity index (χ2n) is 4.30. The zero-order valence-corrected chi connectivity index (χ0v) is 11.7. The fourth-order valence-electron chi connectivity index (χ4n) is 1.87. The van der Waals surface area contributed by atoms with Gasteiger partial charge in [-0.2, -0.15) is 5.26 Å².